The van der Waals surface area contributed by atoms with Crippen molar-refractivity contribution >= 4 is 17.3 Å². The number of pyridine rings is 1. The minimum atomic E-state index is -2.66. The Morgan fingerprint density at radius 1 is 1.23 bits per heavy atom. The van der Waals surface area contributed by atoms with Crippen LogP contribution >= 0.6 is 0 Å². The summed E-state index contributed by atoms with van der Waals surface area (Å²) < 4.78 is 60.8. The van der Waals surface area contributed by atoms with Gasteiger partial charge in [0.1, 0.15) is 0 Å². The van der Waals surface area contributed by atoms with E-state index in [1.807, 2.05) is 0 Å². The van der Waals surface area contributed by atoms with Gasteiger partial charge in [-0.15, -0.1) is 0 Å². The number of methoxy groups -OCH3 is 1. The van der Waals surface area contributed by atoms with E-state index >= 15 is 0 Å². The number of para-hydroxylation sites is 1. The number of hydrogen-bond donors (Lipinski definition) is 3. The molecule has 2 aliphatic rings. The smallest absolute Gasteiger partial charge is 0.272 e. The molecule has 35 heavy (non-hydrogen) atoms. The second kappa shape index (κ2) is 8.88. The van der Waals surface area contributed by atoms with Gasteiger partial charge in [0, 0.05) is 29.9 Å². The van der Waals surface area contributed by atoms with Crippen molar-refractivity contribution in [3.63, 3.8) is 0 Å². The van der Waals surface area contributed by atoms with Gasteiger partial charge >= 0.3 is 0 Å². The number of aromatic amines is 1. The molecule has 3 aromatic rings. The zero-order valence-electron chi connectivity index (χ0n) is 18.8. The SMILES string of the molecule is COc1c(F)cccc1Nc1c(-c2ccncc2F)[nH]c2c1C(=O)NCC2CCN1CC(F)(F)C1. The van der Waals surface area contributed by atoms with Crippen molar-refractivity contribution in [2.24, 2.45) is 0 Å². The molecule has 3 N–H and O–H groups in total. The maximum absolute atomic E-state index is 14.8. The number of carbonyl (C=O) groups is 1. The van der Waals surface area contributed by atoms with Gasteiger partial charge in [0.15, 0.2) is 17.4 Å². The van der Waals surface area contributed by atoms with Gasteiger partial charge in [0.05, 0.1) is 49.0 Å². The van der Waals surface area contributed by atoms with Gasteiger partial charge in [0.25, 0.3) is 11.8 Å². The van der Waals surface area contributed by atoms with Gasteiger partial charge in [-0.25, -0.2) is 17.6 Å². The standard InChI is InChI=1S/C24H23F4N5O2/c1-35-22-15(25)3-2-4-17(22)31-21-18-19(32-20(21)14-5-7-29-10-16(14)26)13(9-30-23(18)34)6-8-33-11-24(27,28)12-33/h2-5,7,10,13,31-32H,6,8-9,11-12H2,1H3,(H,30,34). The molecule has 4 heterocycles. The van der Waals surface area contributed by atoms with Crippen molar-refractivity contribution in [3.05, 3.63) is 59.6 Å². The molecule has 0 spiro atoms. The molecule has 1 unspecified atom stereocenters. The van der Waals surface area contributed by atoms with E-state index in [9.17, 15) is 22.4 Å². The fourth-order valence-electron chi connectivity index (χ4n) is 4.67. The van der Waals surface area contributed by atoms with Crippen LogP contribution in [0.5, 0.6) is 5.75 Å². The lowest BCUT2D eigenvalue weighted by atomic mass is 9.92. The van der Waals surface area contributed by atoms with E-state index in [2.05, 4.69) is 20.6 Å². The van der Waals surface area contributed by atoms with Crippen LogP contribution in [0.2, 0.25) is 0 Å². The number of amides is 1. The molecule has 184 valence electrons. The summed E-state index contributed by atoms with van der Waals surface area (Å²) >= 11 is 0. The number of fused-ring (bicyclic) bond motifs is 1. The average molecular weight is 489 g/mol. The molecular weight excluding hydrogens is 466 g/mol. The molecule has 1 saturated heterocycles. The molecule has 1 amide bonds. The molecule has 1 aromatic carbocycles. The Morgan fingerprint density at radius 2 is 2.03 bits per heavy atom. The molecule has 5 rings (SSSR count). The summed E-state index contributed by atoms with van der Waals surface area (Å²) in [7, 11) is 1.32. The number of hydrogen-bond acceptors (Lipinski definition) is 5. The van der Waals surface area contributed by atoms with E-state index in [4.69, 9.17) is 4.74 Å². The summed E-state index contributed by atoms with van der Waals surface area (Å²) in [6.07, 6.45) is 2.99. The number of anilines is 2. The van der Waals surface area contributed by atoms with Crippen molar-refractivity contribution in [2.75, 3.05) is 38.6 Å². The number of H-pyrrole nitrogens is 1. The number of aromatic nitrogens is 2. The number of nitrogens with one attached hydrogen (secondary N) is 3. The Bertz CT molecular complexity index is 1270. The van der Waals surface area contributed by atoms with Gasteiger partial charge < -0.3 is 20.4 Å². The number of likely N-dealkylation sites (tertiary alicyclic amines) is 1. The van der Waals surface area contributed by atoms with E-state index in [0.29, 0.717) is 30.9 Å². The van der Waals surface area contributed by atoms with Crippen molar-refractivity contribution in [1.29, 1.82) is 0 Å². The monoisotopic (exact) mass is 489 g/mol. The maximum atomic E-state index is 14.8. The van der Waals surface area contributed by atoms with E-state index in [0.717, 1.165) is 6.20 Å². The van der Waals surface area contributed by atoms with Crippen molar-refractivity contribution < 1.29 is 27.1 Å². The molecule has 2 aliphatic heterocycles. The molecule has 0 aliphatic carbocycles. The maximum Gasteiger partial charge on any atom is 0.272 e. The second-order valence-electron chi connectivity index (χ2n) is 8.73. The zero-order chi connectivity index (χ0) is 24.7. The van der Waals surface area contributed by atoms with Crippen molar-refractivity contribution in [3.8, 4) is 17.0 Å². The molecule has 11 heteroatoms. The lowest BCUT2D eigenvalue weighted by Gasteiger charge is -2.39. The first-order valence-electron chi connectivity index (χ1n) is 11.1. The lowest BCUT2D eigenvalue weighted by Crippen LogP contribution is -2.56. The number of halogens is 4. The van der Waals surface area contributed by atoms with Crippen LogP contribution < -0.4 is 15.4 Å². The van der Waals surface area contributed by atoms with Crippen molar-refractivity contribution in [1.82, 2.24) is 20.2 Å². The van der Waals surface area contributed by atoms with Gasteiger partial charge in [-0.2, -0.15) is 0 Å². The predicted octanol–water partition coefficient (Wildman–Crippen LogP) is 4.28. The van der Waals surface area contributed by atoms with Crippen LogP contribution in [0.1, 0.15) is 28.4 Å². The molecule has 7 nitrogen and oxygen atoms in total. The minimum Gasteiger partial charge on any atom is -0.492 e. The first kappa shape index (κ1) is 23.2. The largest absolute Gasteiger partial charge is 0.492 e. The number of benzene rings is 1. The predicted molar refractivity (Wildman–Crippen MR) is 121 cm³/mol. The van der Waals surface area contributed by atoms with Crippen LogP contribution in [0, 0.1) is 11.6 Å². The first-order chi connectivity index (χ1) is 16.8. The van der Waals surface area contributed by atoms with Crippen LogP contribution in [-0.2, 0) is 0 Å². The van der Waals surface area contributed by atoms with Gasteiger partial charge in [-0.05, 0) is 31.2 Å². The minimum absolute atomic E-state index is 0.0601. The summed E-state index contributed by atoms with van der Waals surface area (Å²) in [5, 5.41) is 5.89. The summed E-state index contributed by atoms with van der Waals surface area (Å²) in [5.41, 5.74) is 1.78. The first-order valence-corrected chi connectivity index (χ1v) is 11.1. The fraction of sp³-hybridized carbons (Fsp3) is 0.333. The highest BCUT2D eigenvalue weighted by Crippen LogP contribution is 2.43. The molecule has 0 saturated carbocycles. The third-order valence-electron chi connectivity index (χ3n) is 6.35. The van der Waals surface area contributed by atoms with E-state index in [-0.39, 0.29) is 53.2 Å². The zero-order valence-corrected chi connectivity index (χ0v) is 18.8. The van der Waals surface area contributed by atoms with Crippen molar-refractivity contribution in [2.45, 2.75) is 18.3 Å². The second-order valence-corrected chi connectivity index (χ2v) is 8.73. The van der Waals surface area contributed by atoms with Crippen LogP contribution in [0.4, 0.5) is 28.9 Å². The summed E-state index contributed by atoms with van der Waals surface area (Å²) in [4.78, 5) is 21.6. The van der Waals surface area contributed by atoms with Crippen LogP contribution in [0.3, 0.4) is 0 Å². The third kappa shape index (κ3) is 4.31. The van der Waals surface area contributed by atoms with E-state index < -0.39 is 17.6 Å². The average Bonchev–Trinajstić information content (AvgIpc) is 3.17. The highest BCUT2D eigenvalue weighted by molar-refractivity contribution is 6.06. The summed E-state index contributed by atoms with van der Waals surface area (Å²) in [6.45, 7) is 0.151. The molecular formula is C24H23F4N5O2. The normalized spacial score (nSPS) is 19.0. The Kier molecular flexibility index (Phi) is 5.87. The summed E-state index contributed by atoms with van der Waals surface area (Å²) in [5.74, 6) is -4.54. The van der Waals surface area contributed by atoms with Gasteiger partial charge in [-0.1, -0.05) is 6.07 Å². The van der Waals surface area contributed by atoms with E-state index in [1.54, 1.807) is 11.0 Å². The Balaban J connectivity index is 1.56. The number of alkyl halides is 2. The lowest BCUT2D eigenvalue weighted by molar-refractivity contribution is -0.130. The molecule has 0 bridgehead atoms. The number of carbonyl (C=O) groups excluding carboxylic acids is 1. The van der Waals surface area contributed by atoms with Gasteiger partial charge in [0.2, 0.25) is 0 Å². The van der Waals surface area contributed by atoms with Crippen LogP contribution in [0.15, 0.2) is 36.7 Å². The fourth-order valence-corrected chi connectivity index (χ4v) is 4.67. The summed E-state index contributed by atoms with van der Waals surface area (Å²) in [6, 6.07) is 5.77. The van der Waals surface area contributed by atoms with Gasteiger partial charge in [-0.3, -0.25) is 14.7 Å². The Hall–Kier alpha value is -3.60. The number of ether oxygens (including phenoxy) is 1. The quantitative estimate of drug-likeness (QED) is 0.432. The highest BCUT2D eigenvalue weighted by atomic mass is 19.3. The highest BCUT2D eigenvalue weighted by Gasteiger charge is 2.44. The molecule has 1 atom stereocenters. The topological polar surface area (TPSA) is 82.3 Å². The Labute approximate surface area is 198 Å². The van der Waals surface area contributed by atoms with Crippen LogP contribution in [0.25, 0.3) is 11.3 Å². The van der Waals surface area contributed by atoms with Crippen LogP contribution in [-0.4, -0.2) is 60.0 Å². The molecule has 0 radical (unpaired) electrons. The molecule has 1 fully saturated rings. The number of nitrogens with zero attached hydrogens (tertiary/aromatic N) is 2. The molecule has 2 aromatic heterocycles. The van der Waals surface area contributed by atoms with E-state index in [1.165, 1.54) is 31.5 Å². The number of rotatable bonds is 7. The Morgan fingerprint density at radius 3 is 2.74 bits per heavy atom. The third-order valence-corrected chi connectivity index (χ3v) is 6.35.